The van der Waals surface area contributed by atoms with Crippen LogP contribution in [-0.4, -0.2) is 46.5 Å². The zero-order chi connectivity index (χ0) is 20.0. The second-order valence-electron chi connectivity index (χ2n) is 5.67. The van der Waals surface area contributed by atoms with E-state index in [9.17, 15) is 13.2 Å². The van der Waals surface area contributed by atoms with E-state index >= 15 is 0 Å². The van der Waals surface area contributed by atoms with Gasteiger partial charge in [-0.05, 0) is 50.2 Å². The van der Waals surface area contributed by atoms with Crippen LogP contribution in [0.1, 0.15) is 24.2 Å². The highest BCUT2D eigenvalue weighted by molar-refractivity contribution is 7.92. The van der Waals surface area contributed by atoms with Gasteiger partial charge >= 0.3 is 0 Å². The fraction of sp³-hybridized carbons (Fsp3) is 0.316. The van der Waals surface area contributed by atoms with Gasteiger partial charge in [0.25, 0.3) is 15.9 Å². The molecule has 0 atom stereocenters. The molecule has 0 aliphatic rings. The van der Waals surface area contributed by atoms with Gasteiger partial charge in [0, 0.05) is 24.7 Å². The molecule has 0 saturated heterocycles. The topological polar surface area (TPSA) is 84.9 Å². The number of amides is 1. The van der Waals surface area contributed by atoms with E-state index in [-0.39, 0.29) is 16.5 Å². The number of nitrogens with one attached hydrogen (secondary N) is 1. The quantitative estimate of drug-likeness (QED) is 0.746. The number of carbonyl (C=O) groups is 1. The monoisotopic (exact) mass is 392 g/mol. The zero-order valence-corrected chi connectivity index (χ0v) is 16.7. The van der Waals surface area contributed by atoms with Gasteiger partial charge in [-0.15, -0.1) is 0 Å². The first-order valence-electron chi connectivity index (χ1n) is 8.50. The molecule has 0 aromatic heterocycles. The van der Waals surface area contributed by atoms with Gasteiger partial charge in [-0.25, -0.2) is 8.42 Å². The summed E-state index contributed by atoms with van der Waals surface area (Å²) in [5, 5.41) is 0. The van der Waals surface area contributed by atoms with Crippen molar-refractivity contribution >= 4 is 21.6 Å². The number of hydrogen-bond acceptors (Lipinski definition) is 5. The average molecular weight is 392 g/mol. The highest BCUT2D eigenvalue weighted by atomic mass is 32.2. The van der Waals surface area contributed by atoms with Crippen LogP contribution in [0, 0.1) is 0 Å². The van der Waals surface area contributed by atoms with Gasteiger partial charge in [-0.3, -0.25) is 9.52 Å². The van der Waals surface area contributed by atoms with Gasteiger partial charge in [-0.2, -0.15) is 0 Å². The Morgan fingerprint density at radius 1 is 1.00 bits per heavy atom. The van der Waals surface area contributed by atoms with Crippen molar-refractivity contribution in [1.29, 1.82) is 0 Å². The molecule has 146 valence electrons. The highest BCUT2D eigenvalue weighted by Gasteiger charge is 2.19. The second kappa shape index (κ2) is 8.77. The molecule has 0 bridgehead atoms. The minimum absolute atomic E-state index is 0.0449. The van der Waals surface area contributed by atoms with E-state index in [0.717, 1.165) is 0 Å². The first-order chi connectivity index (χ1) is 12.9. The minimum atomic E-state index is -3.86. The largest absolute Gasteiger partial charge is 0.497 e. The number of anilines is 1. The van der Waals surface area contributed by atoms with E-state index in [1.165, 1.54) is 44.6 Å². The smallest absolute Gasteiger partial charge is 0.262 e. The van der Waals surface area contributed by atoms with Crippen LogP contribution in [0.5, 0.6) is 11.5 Å². The lowest BCUT2D eigenvalue weighted by molar-refractivity contribution is 0.0773. The van der Waals surface area contributed by atoms with Gasteiger partial charge in [0.1, 0.15) is 11.5 Å². The number of nitrogens with zero attached hydrogens (tertiary/aromatic N) is 1. The van der Waals surface area contributed by atoms with Crippen molar-refractivity contribution in [2.45, 2.75) is 18.7 Å². The maximum Gasteiger partial charge on any atom is 0.262 e. The normalized spacial score (nSPS) is 11.0. The molecule has 0 aliphatic heterocycles. The van der Waals surface area contributed by atoms with E-state index in [2.05, 4.69) is 4.72 Å². The molecule has 0 unspecified atom stereocenters. The molecule has 0 radical (unpaired) electrons. The van der Waals surface area contributed by atoms with Crippen molar-refractivity contribution in [3.8, 4) is 11.5 Å². The molecule has 0 aliphatic carbocycles. The summed E-state index contributed by atoms with van der Waals surface area (Å²) in [5.74, 6) is 0.729. The third-order valence-electron chi connectivity index (χ3n) is 4.11. The summed E-state index contributed by atoms with van der Waals surface area (Å²) in [6, 6.07) is 10.7. The number of carbonyl (C=O) groups excluding carboxylic acids is 1. The molecule has 1 amide bonds. The molecule has 2 aromatic carbocycles. The van der Waals surface area contributed by atoms with Crippen LogP contribution < -0.4 is 14.2 Å². The lowest BCUT2D eigenvalue weighted by Crippen LogP contribution is -2.30. The number of benzene rings is 2. The van der Waals surface area contributed by atoms with Gasteiger partial charge in [0.05, 0.1) is 24.8 Å². The summed E-state index contributed by atoms with van der Waals surface area (Å²) >= 11 is 0. The van der Waals surface area contributed by atoms with Crippen molar-refractivity contribution in [3.63, 3.8) is 0 Å². The number of hydrogen-bond donors (Lipinski definition) is 1. The van der Waals surface area contributed by atoms with Crippen molar-refractivity contribution in [2.75, 3.05) is 32.0 Å². The van der Waals surface area contributed by atoms with Gasteiger partial charge < -0.3 is 14.4 Å². The maximum atomic E-state index is 12.7. The Morgan fingerprint density at radius 2 is 1.63 bits per heavy atom. The van der Waals surface area contributed by atoms with E-state index < -0.39 is 10.0 Å². The van der Waals surface area contributed by atoms with Crippen molar-refractivity contribution in [3.05, 3.63) is 48.0 Å². The Kier molecular flexibility index (Phi) is 6.68. The summed E-state index contributed by atoms with van der Waals surface area (Å²) in [6.45, 7) is 4.97. The lowest BCUT2D eigenvalue weighted by Gasteiger charge is -2.18. The minimum Gasteiger partial charge on any atom is -0.497 e. The van der Waals surface area contributed by atoms with E-state index in [1.807, 2.05) is 13.8 Å². The Morgan fingerprint density at radius 3 is 2.15 bits per heavy atom. The van der Waals surface area contributed by atoms with E-state index in [0.29, 0.717) is 30.2 Å². The number of methoxy groups -OCH3 is 2. The first kappa shape index (κ1) is 20.6. The zero-order valence-electron chi connectivity index (χ0n) is 15.9. The molecule has 0 saturated carbocycles. The predicted molar refractivity (Wildman–Crippen MR) is 104 cm³/mol. The third kappa shape index (κ3) is 4.71. The van der Waals surface area contributed by atoms with Gasteiger partial charge in [0.15, 0.2) is 0 Å². The standard InChI is InChI=1S/C19H24N2O5S/c1-5-21(6-2)19(22)14-7-10-16(11-8-14)27(23,24)20-17-13-15(25-3)9-12-18(17)26-4/h7-13,20H,5-6H2,1-4H3. The van der Waals surface area contributed by atoms with Crippen molar-refractivity contribution < 1.29 is 22.7 Å². The molecule has 0 fully saturated rings. The lowest BCUT2D eigenvalue weighted by atomic mass is 10.2. The third-order valence-corrected chi connectivity index (χ3v) is 5.49. The Bertz CT molecular complexity index is 891. The fourth-order valence-electron chi connectivity index (χ4n) is 2.57. The van der Waals surface area contributed by atoms with E-state index in [4.69, 9.17) is 9.47 Å². The van der Waals surface area contributed by atoms with Crippen LogP contribution in [0.4, 0.5) is 5.69 Å². The molecule has 0 spiro atoms. The number of ether oxygens (including phenoxy) is 2. The molecule has 27 heavy (non-hydrogen) atoms. The molecular formula is C19H24N2O5S. The summed E-state index contributed by atoms with van der Waals surface area (Å²) in [6.07, 6.45) is 0. The molecule has 7 nitrogen and oxygen atoms in total. The summed E-state index contributed by atoms with van der Waals surface area (Å²) in [5.41, 5.74) is 0.705. The molecule has 2 aromatic rings. The van der Waals surface area contributed by atoms with Crippen LogP contribution in [-0.2, 0) is 10.0 Å². The van der Waals surface area contributed by atoms with Gasteiger partial charge in [-0.1, -0.05) is 0 Å². The van der Waals surface area contributed by atoms with E-state index in [1.54, 1.807) is 17.0 Å². The Labute approximate surface area is 160 Å². The van der Waals surface area contributed by atoms with Crippen molar-refractivity contribution in [1.82, 2.24) is 4.90 Å². The maximum absolute atomic E-state index is 12.7. The van der Waals surface area contributed by atoms with Crippen molar-refractivity contribution in [2.24, 2.45) is 0 Å². The van der Waals surface area contributed by atoms with Crippen LogP contribution in [0.15, 0.2) is 47.4 Å². The molecule has 1 N–H and O–H groups in total. The average Bonchev–Trinajstić information content (AvgIpc) is 2.68. The molecular weight excluding hydrogens is 368 g/mol. The predicted octanol–water partition coefficient (Wildman–Crippen LogP) is 2.99. The Hall–Kier alpha value is -2.74. The SMILES string of the molecule is CCN(CC)C(=O)c1ccc(S(=O)(=O)Nc2cc(OC)ccc2OC)cc1. The van der Waals surface area contributed by atoms with Gasteiger partial charge in [0.2, 0.25) is 0 Å². The highest BCUT2D eigenvalue weighted by Crippen LogP contribution is 2.30. The Balaban J connectivity index is 2.29. The summed E-state index contributed by atoms with van der Waals surface area (Å²) in [7, 11) is -0.912. The van der Waals surface area contributed by atoms with Crippen LogP contribution in [0.2, 0.25) is 0 Å². The fourth-order valence-corrected chi connectivity index (χ4v) is 3.63. The second-order valence-corrected chi connectivity index (χ2v) is 7.36. The summed E-state index contributed by atoms with van der Waals surface area (Å²) < 4.78 is 38.2. The van der Waals surface area contributed by atoms with Crippen LogP contribution >= 0.6 is 0 Å². The van der Waals surface area contributed by atoms with Crippen LogP contribution in [0.3, 0.4) is 0 Å². The summed E-state index contributed by atoms with van der Waals surface area (Å²) in [4.78, 5) is 14.1. The first-order valence-corrected chi connectivity index (χ1v) is 9.98. The molecule has 2 rings (SSSR count). The number of sulfonamides is 1. The number of rotatable bonds is 8. The molecule has 0 heterocycles. The molecule has 8 heteroatoms. The van der Waals surface area contributed by atoms with Crippen LogP contribution in [0.25, 0.3) is 0 Å².